The maximum Gasteiger partial charge on any atom is 0.337 e. The number of phenolic OH excluding ortho intramolecular Hbond substituents is 1. The van der Waals surface area contributed by atoms with Gasteiger partial charge in [0.1, 0.15) is 5.75 Å². The third-order valence-electron chi connectivity index (χ3n) is 4.30. The van der Waals surface area contributed by atoms with E-state index in [1.165, 1.54) is 18.7 Å². The zero-order chi connectivity index (χ0) is 19.9. The van der Waals surface area contributed by atoms with Crippen molar-refractivity contribution in [3.05, 3.63) is 95.1 Å². The second-order valence-electron chi connectivity index (χ2n) is 6.28. The lowest BCUT2D eigenvalue weighted by Gasteiger charge is -2.06. The molecule has 1 N–H and O–H groups in total. The van der Waals surface area contributed by atoms with Gasteiger partial charge in [-0.1, -0.05) is 65.9 Å². The van der Waals surface area contributed by atoms with Crippen molar-refractivity contribution in [3.8, 4) is 28.7 Å². The van der Waals surface area contributed by atoms with Crippen LogP contribution >= 0.6 is 0 Å². The van der Waals surface area contributed by atoms with E-state index in [9.17, 15) is 9.90 Å². The fourth-order valence-corrected chi connectivity index (χ4v) is 2.77. The Bertz CT molecular complexity index is 1080. The monoisotopic (exact) mass is 368 g/mol. The van der Waals surface area contributed by atoms with Crippen LogP contribution in [0.4, 0.5) is 0 Å². The highest BCUT2D eigenvalue weighted by molar-refractivity contribution is 5.90. The molecule has 0 saturated heterocycles. The van der Waals surface area contributed by atoms with Gasteiger partial charge in [-0.25, -0.2) is 4.79 Å². The van der Waals surface area contributed by atoms with Crippen LogP contribution < -0.4 is 0 Å². The minimum absolute atomic E-state index is 0.0520. The van der Waals surface area contributed by atoms with Gasteiger partial charge in [-0.2, -0.15) is 0 Å². The van der Waals surface area contributed by atoms with Gasteiger partial charge in [0.15, 0.2) is 0 Å². The van der Waals surface area contributed by atoms with Gasteiger partial charge < -0.3 is 9.84 Å². The van der Waals surface area contributed by atoms with Gasteiger partial charge in [0.05, 0.1) is 18.2 Å². The Hall–Kier alpha value is -3.77. The van der Waals surface area contributed by atoms with Gasteiger partial charge in [-0.15, -0.1) is 0 Å². The number of rotatable bonds is 3. The number of benzene rings is 3. The van der Waals surface area contributed by atoms with E-state index in [1.54, 1.807) is 18.2 Å². The van der Waals surface area contributed by atoms with Gasteiger partial charge in [0, 0.05) is 0 Å². The molecule has 0 aliphatic carbocycles. The number of carbonyl (C=O) groups excluding carboxylic acids is 1. The van der Waals surface area contributed by atoms with Crippen molar-refractivity contribution in [1.82, 2.24) is 0 Å². The van der Waals surface area contributed by atoms with Crippen LogP contribution in [0.3, 0.4) is 0 Å². The number of phenols is 1. The van der Waals surface area contributed by atoms with E-state index in [0.29, 0.717) is 5.56 Å². The Kier molecular flexibility index (Phi) is 5.94. The molecule has 3 nitrogen and oxygen atoms in total. The van der Waals surface area contributed by atoms with Gasteiger partial charge in [0.25, 0.3) is 0 Å². The third kappa shape index (κ3) is 4.49. The van der Waals surface area contributed by atoms with Crippen molar-refractivity contribution in [2.24, 2.45) is 0 Å². The number of ether oxygens (including phenoxy) is 1. The van der Waals surface area contributed by atoms with Crippen LogP contribution in [0.25, 0.3) is 17.2 Å². The van der Waals surface area contributed by atoms with Crippen LogP contribution in [0.5, 0.6) is 5.75 Å². The molecule has 0 spiro atoms. The smallest absolute Gasteiger partial charge is 0.337 e. The quantitative estimate of drug-likeness (QED) is 0.509. The molecule has 0 amide bonds. The SMILES string of the molecule is COC(=O)c1ccc(C#C/C=C/c2ccccc2-c2ccc(C)cc2)c(O)c1. The normalized spacial score (nSPS) is 10.4. The lowest BCUT2D eigenvalue weighted by atomic mass is 9.98. The molecule has 28 heavy (non-hydrogen) atoms. The molecular formula is C25H20O3. The van der Waals surface area contributed by atoms with Crippen molar-refractivity contribution in [3.63, 3.8) is 0 Å². The maximum atomic E-state index is 11.5. The molecule has 0 radical (unpaired) electrons. The fourth-order valence-electron chi connectivity index (χ4n) is 2.77. The zero-order valence-electron chi connectivity index (χ0n) is 15.8. The molecule has 0 heterocycles. The minimum Gasteiger partial charge on any atom is -0.507 e. The molecule has 0 fully saturated rings. The van der Waals surface area contributed by atoms with Crippen LogP contribution in [0.15, 0.2) is 72.8 Å². The average molecular weight is 368 g/mol. The lowest BCUT2D eigenvalue weighted by molar-refractivity contribution is 0.0600. The van der Waals surface area contributed by atoms with E-state index in [4.69, 9.17) is 0 Å². The third-order valence-corrected chi connectivity index (χ3v) is 4.30. The van der Waals surface area contributed by atoms with E-state index in [1.807, 2.05) is 24.3 Å². The van der Waals surface area contributed by atoms with Crippen molar-refractivity contribution < 1.29 is 14.6 Å². The van der Waals surface area contributed by atoms with Crippen molar-refractivity contribution in [2.75, 3.05) is 7.11 Å². The molecule has 0 bridgehead atoms. The summed E-state index contributed by atoms with van der Waals surface area (Å²) in [6, 6.07) is 21.0. The highest BCUT2D eigenvalue weighted by Crippen LogP contribution is 2.25. The summed E-state index contributed by atoms with van der Waals surface area (Å²) >= 11 is 0. The Morgan fingerprint density at radius 3 is 2.50 bits per heavy atom. The standard InChI is InChI=1S/C25H20O3/c1-18-11-13-20(14-12-18)23-10-6-5-8-19(23)7-3-4-9-21-15-16-22(17-24(21)26)25(27)28-2/h3,5-8,10-17,26H,1-2H3/b7-3+. The first-order valence-electron chi connectivity index (χ1n) is 8.84. The van der Waals surface area contributed by atoms with E-state index >= 15 is 0 Å². The number of esters is 1. The van der Waals surface area contributed by atoms with Crippen LogP contribution in [0.1, 0.15) is 27.0 Å². The van der Waals surface area contributed by atoms with E-state index in [2.05, 4.69) is 53.8 Å². The highest BCUT2D eigenvalue weighted by Gasteiger charge is 2.07. The summed E-state index contributed by atoms with van der Waals surface area (Å²) in [6.45, 7) is 2.07. The Morgan fingerprint density at radius 2 is 1.79 bits per heavy atom. The largest absolute Gasteiger partial charge is 0.507 e. The summed E-state index contributed by atoms with van der Waals surface area (Å²) < 4.78 is 4.64. The van der Waals surface area contributed by atoms with Crippen LogP contribution in [0.2, 0.25) is 0 Å². The first-order valence-corrected chi connectivity index (χ1v) is 8.84. The summed E-state index contributed by atoms with van der Waals surface area (Å²) in [7, 11) is 1.30. The van der Waals surface area contributed by atoms with E-state index in [-0.39, 0.29) is 11.3 Å². The minimum atomic E-state index is -0.498. The molecule has 3 aromatic rings. The molecule has 0 saturated carbocycles. The summed E-state index contributed by atoms with van der Waals surface area (Å²) in [5, 5.41) is 10.0. The predicted octanol–water partition coefficient (Wildman–Crippen LogP) is 5.22. The number of aromatic hydroxyl groups is 1. The average Bonchev–Trinajstić information content (AvgIpc) is 2.72. The summed E-state index contributed by atoms with van der Waals surface area (Å²) in [4.78, 5) is 11.5. The molecule has 0 aromatic heterocycles. The van der Waals surface area contributed by atoms with Gasteiger partial charge in [0.2, 0.25) is 0 Å². The number of hydrogen-bond acceptors (Lipinski definition) is 3. The Balaban J connectivity index is 1.82. The first-order chi connectivity index (χ1) is 13.6. The number of methoxy groups -OCH3 is 1. The maximum absolute atomic E-state index is 11.5. The lowest BCUT2D eigenvalue weighted by Crippen LogP contribution is -2.00. The number of allylic oxidation sites excluding steroid dienone is 1. The van der Waals surface area contributed by atoms with Crippen molar-refractivity contribution >= 4 is 12.0 Å². The molecule has 0 aliphatic heterocycles. The van der Waals surface area contributed by atoms with Crippen LogP contribution in [-0.4, -0.2) is 18.2 Å². The van der Waals surface area contributed by atoms with Gasteiger partial charge >= 0.3 is 5.97 Å². The number of aryl methyl sites for hydroxylation is 1. The highest BCUT2D eigenvalue weighted by atomic mass is 16.5. The van der Waals surface area contributed by atoms with E-state index in [0.717, 1.165) is 16.7 Å². The summed E-state index contributed by atoms with van der Waals surface area (Å²) in [6.07, 6.45) is 3.70. The number of hydrogen-bond donors (Lipinski definition) is 1. The fraction of sp³-hybridized carbons (Fsp3) is 0.0800. The zero-order valence-corrected chi connectivity index (χ0v) is 15.8. The number of carbonyl (C=O) groups is 1. The molecular weight excluding hydrogens is 348 g/mol. The second kappa shape index (κ2) is 8.75. The Labute approximate surface area is 164 Å². The Morgan fingerprint density at radius 1 is 1.04 bits per heavy atom. The molecule has 0 unspecified atom stereocenters. The van der Waals surface area contributed by atoms with Gasteiger partial charge in [-0.05, 0) is 54.0 Å². The molecule has 0 atom stereocenters. The van der Waals surface area contributed by atoms with Crippen LogP contribution in [0, 0.1) is 18.8 Å². The summed E-state index contributed by atoms with van der Waals surface area (Å²) in [5.41, 5.74) is 5.30. The molecule has 3 rings (SSSR count). The molecule has 3 heteroatoms. The molecule has 138 valence electrons. The van der Waals surface area contributed by atoms with E-state index < -0.39 is 5.97 Å². The second-order valence-corrected chi connectivity index (χ2v) is 6.28. The van der Waals surface area contributed by atoms with Crippen LogP contribution in [-0.2, 0) is 4.74 Å². The summed E-state index contributed by atoms with van der Waals surface area (Å²) in [5.74, 6) is 5.28. The van der Waals surface area contributed by atoms with Crippen molar-refractivity contribution in [1.29, 1.82) is 0 Å². The first kappa shape index (κ1) is 19.0. The van der Waals surface area contributed by atoms with Gasteiger partial charge in [-0.3, -0.25) is 0 Å². The molecule has 0 aliphatic rings. The topological polar surface area (TPSA) is 46.5 Å². The van der Waals surface area contributed by atoms with Crippen molar-refractivity contribution in [2.45, 2.75) is 6.92 Å². The predicted molar refractivity (Wildman–Crippen MR) is 112 cm³/mol. The molecule has 3 aromatic carbocycles.